The first-order valence-electron chi connectivity index (χ1n) is 7.15. The number of rotatable bonds is 5. The van der Waals surface area contributed by atoms with Gasteiger partial charge >= 0.3 is 5.97 Å². The van der Waals surface area contributed by atoms with Gasteiger partial charge in [-0.2, -0.15) is 4.31 Å². The van der Waals surface area contributed by atoms with E-state index in [9.17, 15) is 13.2 Å². The van der Waals surface area contributed by atoms with Crippen LogP contribution >= 0.6 is 11.6 Å². The Morgan fingerprint density at radius 2 is 1.79 bits per heavy atom. The summed E-state index contributed by atoms with van der Waals surface area (Å²) in [7, 11) is -1.06. The number of hydrogen-bond donors (Lipinski definition) is 0. The zero-order chi connectivity index (χ0) is 17.9. The van der Waals surface area contributed by atoms with Crippen molar-refractivity contribution >= 4 is 27.6 Å². The van der Waals surface area contributed by atoms with Crippen LogP contribution in [0.15, 0.2) is 47.4 Å². The first-order chi connectivity index (χ1) is 11.3. The molecule has 0 saturated heterocycles. The molecule has 0 aliphatic heterocycles. The zero-order valence-electron chi connectivity index (χ0n) is 13.6. The summed E-state index contributed by atoms with van der Waals surface area (Å²) >= 11 is 5.93. The number of sulfonamides is 1. The van der Waals surface area contributed by atoms with E-state index in [4.69, 9.17) is 11.6 Å². The summed E-state index contributed by atoms with van der Waals surface area (Å²) in [6, 6.07) is 11.6. The zero-order valence-corrected chi connectivity index (χ0v) is 15.2. The van der Waals surface area contributed by atoms with Crippen LogP contribution in [0.5, 0.6) is 0 Å². The number of nitrogens with zero attached hydrogens (tertiary/aromatic N) is 1. The molecule has 7 heteroatoms. The van der Waals surface area contributed by atoms with Crippen molar-refractivity contribution in [3.05, 3.63) is 64.2 Å². The molecule has 2 rings (SSSR count). The van der Waals surface area contributed by atoms with E-state index in [1.54, 1.807) is 0 Å². The molecule has 24 heavy (non-hydrogen) atoms. The highest BCUT2D eigenvalue weighted by molar-refractivity contribution is 7.89. The van der Waals surface area contributed by atoms with Gasteiger partial charge in [-0.1, -0.05) is 41.4 Å². The molecule has 0 atom stereocenters. The fourth-order valence-electron chi connectivity index (χ4n) is 2.15. The molecule has 0 fully saturated rings. The van der Waals surface area contributed by atoms with Crippen LogP contribution < -0.4 is 0 Å². The standard InChI is InChI=1S/C17H18ClNO4S/c1-12-4-6-13(7-5-12)11-19(2)24(21,22)14-8-9-16(18)15(10-14)17(20)23-3/h4-10H,11H2,1-3H3. The van der Waals surface area contributed by atoms with Crippen molar-refractivity contribution < 1.29 is 17.9 Å². The number of carbonyl (C=O) groups excluding carboxylic acids is 1. The van der Waals surface area contributed by atoms with E-state index >= 15 is 0 Å². The predicted octanol–water partition coefficient (Wildman–Crippen LogP) is 3.26. The molecule has 0 N–H and O–H groups in total. The van der Waals surface area contributed by atoms with E-state index in [-0.39, 0.29) is 22.0 Å². The molecular weight excluding hydrogens is 350 g/mol. The van der Waals surface area contributed by atoms with Crippen molar-refractivity contribution in [2.45, 2.75) is 18.4 Å². The van der Waals surface area contributed by atoms with Crippen LogP contribution in [0.4, 0.5) is 0 Å². The Labute approximate surface area is 146 Å². The van der Waals surface area contributed by atoms with Crippen LogP contribution in [-0.2, 0) is 21.3 Å². The number of methoxy groups -OCH3 is 1. The average molecular weight is 368 g/mol. The quantitative estimate of drug-likeness (QED) is 0.761. The molecule has 0 saturated carbocycles. The number of halogens is 1. The molecule has 0 heterocycles. The minimum Gasteiger partial charge on any atom is -0.465 e. The summed E-state index contributed by atoms with van der Waals surface area (Å²) in [5.74, 6) is -0.682. The van der Waals surface area contributed by atoms with Crippen LogP contribution in [0, 0.1) is 6.92 Å². The lowest BCUT2D eigenvalue weighted by Crippen LogP contribution is -2.26. The van der Waals surface area contributed by atoms with Gasteiger partial charge in [0.25, 0.3) is 0 Å². The van der Waals surface area contributed by atoms with Gasteiger partial charge in [-0.15, -0.1) is 0 Å². The number of aryl methyl sites for hydroxylation is 1. The van der Waals surface area contributed by atoms with E-state index in [2.05, 4.69) is 4.74 Å². The molecule has 0 aliphatic rings. The van der Waals surface area contributed by atoms with Crippen LogP contribution in [0.25, 0.3) is 0 Å². The van der Waals surface area contributed by atoms with E-state index in [1.807, 2.05) is 31.2 Å². The number of ether oxygens (including phenoxy) is 1. The summed E-state index contributed by atoms with van der Waals surface area (Å²) < 4.78 is 31.3. The summed E-state index contributed by atoms with van der Waals surface area (Å²) in [6.07, 6.45) is 0. The van der Waals surface area contributed by atoms with Crippen molar-refractivity contribution in [3.8, 4) is 0 Å². The summed E-state index contributed by atoms with van der Waals surface area (Å²) in [5, 5.41) is 0.141. The maximum Gasteiger partial charge on any atom is 0.339 e. The predicted molar refractivity (Wildman–Crippen MR) is 92.6 cm³/mol. The van der Waals surface area contributed by atoms with Crippen molar-refractivity contribution in [3.63, 3.8) is 0 Å². The third kappa shape index (κ3) is 3.95. The van der Waals surface area contributed by atoms with Gasteiger partial charge in [0.15, 0.2) is 0 Å². The molecule has 2 aromatic rings. The number of esters is 1. The Morgan fingerprint density at radius 1 is 1.17 bits per heavy atom. The van der Waals surface area contributed by atoms with Gasteiger partial charge < -0.3 is 4.74 Å². The molecule has 0 radical (unpaired) electrons. The normalized spacial score (nSPS) is 11.5. The van der Waals surface area contributed by atoms with Gasteiger partial charge in [-0.3, -0.25) is 0 Å². The molecular formula is C17H18ClNO4S. The lowest BCUT2D eigenvalue weighted by molar-refractivity contribution is 0.0600. The monoisotopic (exact) mass is 367 g/mol. The lowest BCUT2D eigenvalue weighted by atomic mass is 10.1. The van der Waals surface area contributed by atoms with Gasteiger partial charge in [0, 0.05) is 13.6 Å². The second-order valence-corrected chi connectivity index (χ2v) is 7.83. The largest absolute Gasteiger partial charge is 0.465 e. The van der Waals surface area contributed by atoms with Gasteiger partial charge in [-0.05, 0) is 30.7 Å². The molecule has 0 bridgehead atoms. The lowest BCUT2D eigenvalue weighted by Gasteiger charge is -2.18. The Balaban J connectivity index is 2.32. The second-order valence-electron chi connectivity index (χ2n) is 5.38. The highest BCUT2D eigenvalue weighted by atomic mass is 35.5. The molecule has 128 valence electrons. The molecule has 5 nitrogen and oxygen atoms in total. The summed E-state index contributed by atoms with van der Waals surface area (Å²) in [5.41, 5.74) is 1.99. The number of hydrogen-bond acceptors (Lipinski definition) is 4. The average Bonchev–Trinajstić information content (AvgIpc) is 2.56. The molecule has 0 aliphatic carbocycles. The third-order valence-corrected chi connectivity index (χ3v) is 5.71. The topological polar surface area (TPSA) is 63.7 Å². The minimum absolute atomic E-state index is 0.0121. The van der Waals surface area contributed by atoms with Crippen molar-refractivity contribution in [2.24, 2.45) is 0 Å². The fraction of sp³-hybridized carbons (Fsp3) is 0.235. The highest BCUT2D eigenvalue weighted by Gasteiger charge is 2.23. The highest BCUT2D eigenvalue weighted by Crippen LogP contribution is 2.24. The van der Waals surface area contributed by atoms with E-state index < -0.39 is 16.0 Å². The van der Waals surface area contributed by atoms with E-state index in [1.165, 1.54) is 36.7 Å². The number of benzene rings is 2. The van der Waals surface area contributed by atoms with E-state index in [0.717, 1.165) is 11.1 Å². The Morgan fingerprint density at radius 3 is 2.38 bits per heavy atom. The fourth-order valence-corrected chi connectivity index (χ4v) is 3.53. The third-order valence-electron chi connectivity index (χ3n) is 3.58. The van der Waals surface area contributed by atoms with Gasteiger partial charge in [0.2, 0.25) is 10.0 Å². The Bertz CT molecular complexity index is 847. The van der Waals surface area contributed by atoms with Crippen LogP contribution in [-0.4, -0.2) is 32.8 Å². The molecule has 0 amide bonds. The second kappa shape index (κ2) is 7.34. The smallest absolute Gasteiger partial charge is 0.339 e. The summed E-state index contributed by atoms with van der Waals surface area (Å²) in [4.78, 5) is 11.7. The Kier molecular flexibility index (Phi) is 5.64. The first-order valence-corrected chi connectivity index (χ1v) is 8.97. The van der Waals surface area contributed by atoms with Gasteiger partial charge in [0.1, 0.15) is 0 Å². The first kappa shape index (κ1) is 18.4. The molecule has 2 aromatic carbocycles. The maximum absolute atomic E-state index is 12.7. The maximum atomic E-state index is 12.7. The van der Waals surface area contributed by atoms with Crippen LogP contribution in [0.3, 0.4) is 0 Å². The molecule has 0 aromatic heterocycles. The summed E-state index contributed by atoms with van der Waals surface area (Å²) in [6.45, 7) is 2.19. The SMILES string of the molecule is COC(=O)c1cc(S(=O)(=O)N(C)Cc2ccc(C)cc2)ccc1Cl. The van der Waals surface area contributed by atoms with Crippen molar-refractivity contribution in [1.82, 2.24) is 4.31 Å². The van der Waals surface area contributed by atoms with E-state index in [0.29, 0.717) is 0 Å². The van der Waals surface area contributed by atoms with Crippen LogP contribution in [0.2, 0.25) is 5.02 Å². The van der Waals surface area contributed by atoms with Crippen molar-refractivity contribution in [2.75, 3.05) is 14.2 Å². The number of carbonyl (C=O) groups is 1. The van der Waals surface area contributed by atoms with Crippen molar-refractivity contribution in [1.29, 1.82) is 0 Å². The molecule has 0 spiro atoms. The Hall–Kier alpha value is -1.89. The van der Waals surface area contributed by atoms with Gasteiger partial charge in [0.05, 0.1) is 22.6 Å². The van der Waals surface area contributed by atoms with Crippen LogP contribution in [0.1, 0.15) is 21.5 Å². The minimum atomic E-state index is -3.76. The van der Waals surface area contributed by atoms with Gasteiger partial charge in [-0.25, -0.2) is 13.2 Å². The molecule has 0 unspecified atom stereocenters.